The second-order valence-corrected chi connectivity index (χ2v) is 4.16. The number of ether oxygens (including phenoxy) is 2. The number of aromatic carboxylic acids is 1. The van der Waals surface area contributed by atoms with Crippen molar-refractivity contribution in [2.75, 3.05) is 12.8 Å². The number of carboxylic acid groups (broad SMARTS) is 1. The molecular formula is C15H15NO4. The zero-order valence-electron chi connectivity index (χ0n) is 11.0. The van der Waals surface area contributed by atoms with Crippen molar-refractivity contribution in [3.8, 4) is 11.5 Å². The van der Waals surface area contributed by atoms with Crippen molar-refractivity contribution >= 4 is 11.7 Å². The van der Waals surface area contributed by atoms with Gasteiger partial charge in [-0.15, -0.1) is 0 Å². The largest absolute Gasteiger partial charge is 0.493 e. The van der Waals surface area contributed by atoms with E-state index >= 15 is 0 Å². The lowest BCUT2D eigenvalue weighted by atomic mass is 10.1. The molecule has 0 fully saturated rings. The number of benzene rings is 2. The average molecular weight is 273 g/mol. The Bertz CT molecular complexity index is 625. The van der Waals surface area contributed by atoms with E-state index in [4.69, 9.17) is 20.3 Å². The fraction of sp³-hybridized carbons (Fsp3) is 0.133. The molecule has 2 aromatic carbocycles. The minimum Gasteiger partial charge on any atom is -0.493 e. The summed E-state index contributed by atoms with van der Waals surface area (Å²) in [7, 11) is 1.55. The van der Waals surface area contributed by atoms with E-state index in [1.165, 1.54) is 6.07 Å². The van der Waals surface area contributed by atoms with E-state index in [1.807, 2.05) is 12.1 Å². The molecule has 0 aromatic heterocycles. The normalized spacial score (nSPS) is 10.1. The van der Waals surface area contributed by atoms with Gasteiger partial charge in [0.05, 0.1) is 12.7 Å². The highest BCUT2D eigenvalue weighted by molar-refractivity contribution is 5.90. The van der Waals surface area contributed by atoms with Crippen LogP contribution >= 0.6 is 0 Å². The Morgan fingerprint density at radius 1 is 1.20 bits per heavy atom. The molecule has 0 saturated heterocycles. The number of methoxy groups -OCH3 is 1. The van der Waals surface area contributed by atoms with Crippen LogP contribution in [0.3, 0.4) is 0 Å². The summed E-state index contributed by atoms with van der Waals surface area (Å²) in [6, 6.07) is 11.9. The maximum Gasteiger partial charge on any atom is 0.336 e. The number of rotatable bonds is 5. The summed E-state index contributed by atoms with van der Waals surface area (Å²) in [4.78, 5) is 11.2. The molecule has 0 saturated carbocycles. The fourth-order valence-corrected chi connectivity index (χ4v) is 1.81. The molecule has 5 heteroatoms. The molecule has 104 valence electrons. The molecule has 5 nitrogen and oxygen atoms in total. The fourth-order valence-electron chi connectivity index (χ4n) is 1.81. The van der Waals surface area contributed by atoms with Gasteiger partial charge in [0.1, 0.15) is 6.61 Å². The summed E-state index contributed by atoms with van der Waals surface area (Å²) < 4.78 is 10.8. The highest BCUT2D eigenvalue weighted by Gasteiger charge is 2.12. The second kappa shape index (κ2) is 5.97. The smallest absolute Gasteiger partial charge is 0.336 e. The first kappa shape index (κ1) is 13.7. The highest BCUT2D eigenvalue weighted by atomic mass is 16.5. The van der Waals surface area contributed by atoms with E-state index in [1.54, 1.807) is 31.4 Å². The Morgan fingerprint density at radius 2 is 1.90 bits per heavy atom. The van der Waals surface area contributed by atoms with Gasteiger partial charge in [-0.25, -0.2) is 4.79 Å². The van der Waals surface area contributed by atoms with Gasteiger partial charge >= 0.3 is 5.97 Å². The van der Waals surface area contributed by atoms with Crippen molar-refractivity contribution in [1.29, 1.82) is 0 Å². The predicted molar refractivity (Wildman–Crippen MR) is 75.1 cm³/mol. The Kier molecular flexibility index (Phi) is 4.10. The third-order valence-corrected chi connectivity index (χ3v) is 2.82. The lowest BCUT2D eigenvalue weighted by Gasteiger charge is -2.12. The van der Waals surface area contributed by atoms with Crippen LogP contribution in [-0.2, 0) is 6.61 Å². The first-order chi connectivity index (χ1) is 9.61. The van der Waals surface area contributed by atoms with Gasteiger partial charge in [-0.1, -0.05) is 18.2 Å². The minimum atomic E-state index is -1.03. The Hall–Kier alpha value is -2.69. The molecule has 0 amide bonds. The van der Waals surface area contributed by atoms with Gasteiger partial charge in [-0.3, -0.25) is 0 Å². The standard InChI is InChI=1S/C15H15NO4/c1-19-13-4-2-3-5-14(13)20-9-10-6-7-11(16)8-12(10)15(17)18/h2-8H,9,16H2,1H3,(H,17,18). The van der Waals surface area contributed by atoms with Crippen LogP contribution in [0, 0.1) is 0 Å². The number of carbonyl (C=O) groups is 1. The number of nitrogens with two attached hydrogens (primary N) is 1. The van der Waals surface area contributed by atoms with Crippen molar-refractivity contribution < 1.29 is 19.4 Å². The lowest BCUT2D eigenvalue weighted by Crippen LogP contribution is -2.07. The molecule has 0 spiro atoms. The van der Waals surface area contributed by atoms with Gasteiger partial charge in [0, 0.05) is 11.3 Å². The summed E-state index contributed by atoms with van der Waals surface area (Å²) in [5.41, 5.74) is 6.69. The van der Waals surface area contributed by atoms with Crippen molar-refractivity contribution in [1.82, 2.24) is 0 Å². The Labute approximate surface area is 116 Å². The van der Waals surface area contributed by atoms with Crippen LogP contribution in [0.15, 0.2) is 42.5 Å². The molecule has 2 aromatic rings. The zero-order chi connectivity index (χ0) is 14.5. The number of hydrogen-bond acceptors (Lipinski definition) is 4. The van der Waals surface area contributed by atoms with Crippen LogP contribution in [0.2, 0.25) is 0 Å². The topological polar surface area (TPSA) is 81.8 Å². The van der Waals surface area contributed by atoms with Crippen molar-refractivity contribution in [3.63, 3.8) is 0 Å². The third-order valence-electron chi connectivity index (χ3n) is 2.82. The van der Waals surface area contributed by atoms with Crippen LogP contribution in [0.5, 0.6) is 11.5 Å². The molecule has 0 heterocycles. The zero-order valence-corrected chi connectivity index (χ0v) is 11.0. The van der Waals surface area contributed by atoms with Gasteiger partial charge in [0.2, 0.25) is 0 Å². The quantitative estimate of drug-likeness (QED) is 0.818. The van der Waals surface area contributed by atoms with Gasteiger partial charge in [0.25, 0.3) is 0 Å². The van der Waals surface area contributed by atoms with Crippen LogP contribution < -0.4 is 15.2 Å². The van der Waals surface area contributed by atoms with E-state index in [9.17, 15) is 4.79 Å². The van der Waals surface area contributed by atoms with Gasteiger partial charge < -0.3 is 20.3 Å². The predicted octanol–water partition coefficient (Wildman–Crippen LogP) is 2.55. The minimum absolute atomic E-state index is 0.127. The summed E-state index contributed by atoms with van der Waals surface area (Å²) in [6.07, 6.45) is 0. The molecule has 0 unspecified atom stereocenters. The highest BCUT2D eigenvalue weighted by Crippen LogP contribution is 2.27. The molecule has 0 aliphatic carbocycles. The van der Waals surface area contributed by atoms with Crippen LogP contribution in [0.4, 0.5) is 5.69 Å². The third kappa shape index (κ3) is 3.00. The summed E-state index contributed by atoms with van der Waals surface area (Å²) in [5.74, 6) is 0.124. The van der Waals surface area contributed by atoms with Crippen molar-refractivity contribution in [2.24, 2.45) is 0 Å². The SMILES string of the molecule is COc1ccccc1OCc1ccc(N)cc1C(=O)O. The summed E-state index contributed by atoms with van der Waals surface area (Å²) in [5, 5.41) is 9.15. The maximum absolute atomic E-state index is 11.2. The van der Waals surface area contributed by atoms with Crippen molar-refractivity contribution in [3.05, 3.63) is 53.6 Å². The van der Waals surface area contributed by atoms with Crippen LogP contribution in [0.1, 0.15) is 15.9 Å². The van der Waals surface area contributed by atoms with Crippen LogP contribution in [-0.4, -0.2) is 18.2 Å². The number of anilines is 1. The van der Waals surface area contributed by atoms with Gasteiger partial charge in [-0.05, 0) is 24.3 Å². The van der Waals surface area contributed by atoms with Crippen molar-refractivity contribution in [2.45, 2.75) is 6.61 Å². The Balaban J connectivity index is 2.21. The summed E-state index contributed by atoms with van der Waals surface area (Å²) >= 11 is 0. The van der Waals surface area contributed by atoms with E-state index < -0.39 is 5.97 Å². The molecule has 2 rings (SSSR count). The second-order valence-electron chi connectivity index (χ2n) is 4.16. The molecule has 0 aliphatic rings. The number of nitrogen functional groups attached to an aromatic ring is 1. The molecule has 0 aliphatic heterocycles. The first-order valence-corrected chi connectivity index (χ1v) is 5.99. The molecule has 20 heavy (non-hydrogen) atoms. The van der Waals surface area contributed by atoms with Crippen LogP contribution in [0.25, 0.3) is 0 Å². The van der Waals surface area contributed by atoms with E-state index in [0.717, 1.165) is 0 Å². The van der Waals surface area contributed by atoms with E-state index in [2.05, 4.69) is 0 Å². The van der Waals surface area contributed by atoms with Gasteiger partial charge in [-0.2, -0.15) is 0 Å². The molecule has 0 radical (unpaired) electrons. The first-order valence-electron chi connectivity index (χ1n) is 5.99. The van der Waals surface area contributed by atoms with Gasteiger partial charge in [0.15, 0.2) is 11.5 Å². The molecular weight excluding hydrogens is 258 g/mol. The summed E-state index contributed by atoms with van der Waals surface area (Å²) in [6.45, 7) is 0.127. The molecule has 3 N–H and O–H groups in total. The Morgan fingerprint density at radius 3 is 2.55 bits per heavy atom. The monoisotopic (exact) mass is 273 g/mol. The number of carboxylic acids is 1. The maximum atomic E-state index is 11.2. The molecule has 0 bridgehead atoms. The van der Waals surface area contributed by atoms with E-state index in [0.29, 0.717) is 22.7 Å². The number of hydrogen-bond donors (Lipinski definition) is 2. The lowest BCUT2D eigenvalue weighted by molar-refractivity contribution is 0.0694. The van der Waals surface area contributed by atoms with E-state index in [-0.39, 0.29) is 12.2 Å². The molecule has 0 atom stereocenters. The average Bonchev–Trinajstić information content (AvgIpc) is 2.46. The number of para-hydroxylation sites is 2.